The molecule has 1 atom stereocenters. The van der Waals surface area contributed by atoms with E-state index in [0.29, 0.717) is 6.42 Å². The van der Waals surface area contributed by atoms with Gasteiger partial charge >= 0.3 is 6.03 Å². The van der Waals surface area contributed by atoms with Crippen molar-refractivity contribution in [3.05, 3.63) is 0 Å². The van der Waals surface area contributed by atoms with Crippen molar-refractivity contribution >= 4 is 11.9 Å². The first-order chi connectivity index (χ1) is 7.53. The Kier molecular flexibility index (Phi) is 3.88. The molecule has 6 heteroatoms. The molecule has 0 unspecified atom stereocenters. The molecule has 0 aromatic heterocycles. The maximum Gasteiger partial charge on any atom is 0.324 e. The lowest BCUT2D eigenvalue weighted by Gasteiger charge is -2.32. The van der Waals surface area contributed by atoms with Crippen LogP contribution in [0.4, 0.5) is 4.79 Å². The van der Waals surface area contributed by atoms with Gasteiger partial charge in [0.05, 0.1) is 0 Å². The molecule has 0 saturated carbocycles. The molecule has 0 aromatic rings. The molecule has 0 aliphatic carbocycles. The number of rotatable bonds is 5. The molecule has 1 N–H and O–H groups in total. The van der Waals surface area contributed by atoms with Crippen LogP contribution in [-0.4, -0.2) is 49.9 Å². The quantitative estimate of drug-likeness (QED) is 0.546. The van der Waals surface area contributed by atoms with Crippen molar-refractivity contribution in [2.45, 2.75) is 31.6 Å². The van der Waals surface area contributed by atoms with E-state index in [1.54, 1.807) is 0 Å². The fraction of sp³-hybridized carbons (Fsp3) is 0.800. The SMILES string of the molecule is CCC[C@]1(C(OC)OC)NC(=O)N(C)C1=O. The summed E-state index contributed by atoms with van der Waals surface area (Å²) in [5, 5.41) is 2.66. The monoisotopic (exact) mass is 230 g/mol. The fourth-order valence-electron chi connectivity index (χ4n) is 2.06. The van der Waals surface area contributed by atoms with Crippen molar-refractivity contribution in [3.63, 3.8) is 0 Å². The van der Waals surface area contributed by atoms with Crippen molar-refractivity contribution in [1.82, 2.24) is 10.2 Å². The summed E-state index contributed by atoms with van der Waals surface area (Å²) in [4.78, 5) is 24.6. The molecular weight excluding hydrogens is 212 g/mol. The summed E-state index contributed by atoms with van der Waals surface area (Å²) in [5.41, 5.74) is -1.09. The second-order valence-corrected chi connectivity index (χ2v) is 3.82. The molecule has 0 aromatic carbocycles. The highest BCUT2D eigenvalue weighted by molar-refractivity contribution is 6.07. The number of carbonyl (C=O) groups is 2. The van der Waals surface area contributed by atoms with E-state index in [9.17, 15) is 9.59 Å². The molecule has 0 spiro atoms. The fourth-order valence-corrected chi connectivity index (χ4v) is 2.06. The Balaban J connectivity index is 3.06. The smallest absolute Gasteiger partial charge is 0.324 e. The van der Waals surface area contributed by atoms with E-state index >= 15 is 0 Å². The second-order valence-electron chi connectivity index (χ2n) is 3.82. The highest BCUT2D eigenvalue weighted by atomic mass is 16.7. The van der Waals surface area contributed by atoms with Crippen molar-refractivity contribution in [1.29, 1.82) is 0 Å². The molecule has 1 heterocycles. The van der Waals surface area contributed by atoms with Crippen LogP contribution in [0.5, 0.6) is 0 Å². The van der Waals surface area contributed by atoms with E-state index in [1.807, 2.05) is 6.92 Å². The molecule has 1 rings (SSSR count). The molecule has 1 fully saturated rings. The average molecular weight is 230 g/mol. The molecule has 92 valence electrons. The van der Waals surface area contributed by atoms with Gasteiger partial charge in [-0.3, -0.25) is 9.69 Å². The molecule has 3 amide bonds. The molecule has 16 heavy (non-hydrogen) atoms. The van der Waals surface area contributed by atoms with Crippen LogP contribution in [0.3, 0.4) is 0 Å². The van der Waals surface area contributed by atoms with Gasteiger partial charge in [-0.25, -0.2) is 4.79 Å². The minimum Gasteiger partial charge on any atom is -0.353 e. The van der Waals surface area contributed by atoms with Gasteiger partial charge in [-0.05, 0) is 6.42 Å². The van der Waals surface area contributed by atoms with Crippen LogP contribution in [0, 0.1) is 0 Å². The molecule has 0 bridgehead atoms. The Bertz CT molecular complexity index is 291. The van der Waals surface area contributed by atoms with Gasteiger partial charge in [-0.1, -0.05) is 13.3 Å². The van der Waals surface area contributed by atoms with Crippen LogP contribution in [0.15, 0.2) is 0 Å². The van der Waals surface area contributed by atoms with E-state index in [4.69, 9.17) is 9.47 Å². The van der Waals surface area contributed by atoms with E-state index in [0.717, 1.165) is 11.3 Å². The first-order valence-electron chi connectivity index (χ1n) is 5.19. The predicted molar refractivity (Wildman–Crippen MR) is 56.7 cm³/mol. The summed E-state index contributed by atoms with van der Waals surface area (Å²) in [6, 6.07) is -0.419. The number of hydrogen-bond donors (Lipinski definition) is 1. The second kappa shape index (κ2) is 4.80. The standard InChI is InChI=1S/C10H18N2O4/c1-5-6-10(8(15-3)16-4)7(13)12(2)9(14)11-10/h8H,5-6H2,1-4H3,(H,11,14)/t10-/m0/s1. The Labute approximate surface area is 94.9 Å². The van der Waals surface area contributed by atoms with Gasteiger partial charge in [0.25, 0.3) is 5.91 Å². The number of urea groups is 1. The van der Waals surface area contributed by atoms with Crippen LogP contribution >= 0.6 is 0 Å². The number of ether oxygens (including phenoxy) is 2. The Morgan fingerprint density at radius 1 is 1.38 bits per heavy atom. The minimum absolute atomic E-state index is 0.312. The first-order valence-corrected chi connectivity index (χ1v) is 5.19. The summed E-state index contributed by atoms with van der Waals surface area (Å²) in [5.74, 6) is -0.312. The van der Waals surface area contributed by atoms with Crippen LogP contribution in [0.2, 0.25) is 0 Å². The average Bonchev–Trinajstić information content (AvgIpc) is 2.47. The maximum absolute atomic E-state index is 12.1. The summed E-state index contributed by atoms with van der Waals surface area (Å²) in [7, 11) is 4.34. The van der Waals surface area contributed by atoms with Gasteiger partial charge in [0, 0.05) is 21.3 Å². The number of amides is 3. The van der Waals surface area contributed by atoms with E-state index < -0.39 is 17.9 Å². The maximum atomic E-state index is 12.1. The highest BCUT2D eigenvalue weighted by Crippen LogP contribution is 2.28. The molecule has 6 nitrogen and oxygen atoms in total. The lowest BCUT2D eigenvalue weighted by atomic mass is 9.92. The number of methoxy groups -OCH3 is 2. The van der Waals surface area contributed by atoms with Gasteiger partial charge < -0.3 is 14.8 Å². The highest BCUT2D eigenvalue weighted by Gasteiger charge is 2.55. The topological polar surface area (TPSA) is 67.9 Å². The third kappa shape index (κ3) is 1.78. The number of nitrogens with one attached hydrogen (secondary N) is 1. The van der Waals surface area contributed by atoms with E-state index in [2.05, 4.69) is 5.32 Å². The molecule has 1 saturated heterocycles. The van der Waals surface area contributed by atoms with E-state index in [-0.39, 0.29) is 5.91 Å². The zero-order chi connectivity index (χ0) is 12.3. The van der Waals surface area contributed by atoms with Crippen molar-refractivity contribution in [2.75, 3.05) is 21.3 Å². The van der Waals surface area contributed by atoms with Crippen LogP contribution in [-0.2, 0) is 14.3 Å². The number of imide groups is 1. The zero-order valence-corrected chi connectivity index (χ0v) is 10.1. The Hall–Kier alpha value is -1.14. The number of carbonyl (C=O) groups excluding carboxylic acids is 2. The number of hydrogen-bond acceptors (Lipinski definition) is 4. The van der Waals surface area contributed by atoms with Gasteiger partial charge in [0.2, 0.25) is 0 Å². The molecule has 1 aliphatic heterocycles. The summed E-state index contributed by atoms with van der Waals surface area (Å²) in [6.07, 6.45) is 0.450. The van der Waals surface area contributed by atoms with E-state index in [1.165, 1.54) is 21.3 Å². The minimum atomic E-state index is -1.09. The third-order valence-corrected chi connectivity index (χ3v) is 2.80. The number of nitrogens with zero attached hydrogens (tertiary/aromatic N) is 1. The van der Waals surface area contributed by atoms with Crippen LogP contribution < -0.4 is 5.32 Å². The zero-order valence-electron chi connectivity index (χ0n) is 10.1. The van der Waals surface area contributed by atoms with Crippen LogP contribution in [0.25, 0.3) is 0 Å². The lowest BCUT2D eigenvalue weighted by Crippen LogP contribution is -2.57. The number of likely N-dealkylation sites (N-methyl/N-ethyl adjacent to an activating group) is 1. The van der Waals surface area contributed by atoms with Crippen molar-refractivity contribution < 1.29 is 19.1 Å². The molecule has 1 aliphatic rings. The summed E-state index contributed by atoms with van der Waals surface area (Å²) >= 11 is 0. The van der Waals surface area contributed by atoms with Gasteiger partial charge in [0.15, 0.2) is 11.8 Å². The first kappa shape index (κ1) is 12.9. The predicted octanol–water partition coefficient (Wildman–Crippen LogP) is 0.326. The van der Waals surface area contributed by atoms with Gasteiger partial charge in [-0.2, -0.15) is 0 Å². The van der Waals surface area contributed by atoms with Gasteiger partial charge in [0.1, 0.15) is 0 Å². The van der Waals surface area contributed by atoms with Crippen LogP contribution in [0.1, 0.15) is 19.8 Å². The largest absolute Gasteiger partial charge is 0.353 e. The Morgan fingerprint density at radius 3 is 2.25 bits per heavy atom. The summed E-state index contributed by atoms with van der Waals surface area (Å²) in [6.45, 7) is 1.93. The molecular formula is C10H18N2O4. The molecule has 0 radical (unpaired) electrons. The lowest BCUT2D eigenvalue weighted by molar-refractivity contribution is -0.169. The van der Waals surface area contributed by atoms with Crippen molar-refractivity contribution in [2.24, 2.45) is 0 Å². The normalized spacial score (nSPS) is 25.4. The summed E-state index contributed by atoms with van der Waals surface area (Å²) < 4.78 is 10.2. The van der Waals surface area contributed by atoms with Gasteiger partial charge in [-0.15, -0.1) is 0 Å². The third-order valence-electron chi connectivity index (χ3n) is 2.80. The van der Waals surface area contributed by atoms with Crippen molar-refractivity contribution in [3.8, 4) is 0 Å². The Morgan fingerprint density at radius 2 is 1.94 bits per heavy atom.